The molecule has 0 spiro atoms. The molecule has 1 amide bonds. The van der Waals surface area contributed by atoms with Crippen LogP contribution in [0.15, 0.2) is 42.5 Å². The molecule has 0 atom stereocenters. The molecule has 0 aliphatic carbocycles. The van der Waals surface area contributed by atoms with Crippen LogP contribution < -0.4 is 10.1 Å². The van der Waals surface area contributed by atoms with Crippen LogP contribution in [0.5, 0.6) is 5.75 Å². The number of halogens is 2. The van der Waals surface area contributed by atoms with Gasteiger partial charge in [-0.05, 0) is 50.2 Å². The number of amides is 1. The van der Waals surface area contributed by atoms with E-state index in [2.05, 4.69) is 5.32 Å². The molecule has 2 aromatic carbocycles. The minimum Gasteiger partial charge on any atom is -0.484 e. The fourth-order valence-electron chi connectivity index (χ4n) is 1.90. The van der Waals surface area contributed by atoms with E-state index in [9.17, 15) is 18.4 Å². The Hall–Kier alpha value is -2.96. The normalized spacial score (nSPS) is 10.4. The van der Waals surface area contributed by atoms with Crippen molar-refractivity contribution in [2.45, 2.75) is 20.0 Å². The lowest BCUT2D eigenvalue weighted by Crippen LogP contribution is -2.21. The summed E-state index contributed by atoms with van der Waals surface area (Å²) in [6.07, 6.45) is -0.227. The third-order valence-corrected chi connectivity index (χ3v) is 3.01. The first-order valence-electron chi connectivity index (χ1n) is 7.54. The van der Waals surface area contributed by atoms with Crippen LogP contribution in [-0.4, -0.2) is 24.6 Å². The van der Waals surface area contributed by atoms with Gasteiger partial charge in [-0.2, -0.15) is 0 Å². The summed E-state index contributed by atoms with van der Waals surface area (Å²) >= 11 is 0. The van der Waals surface area contributed by atoms with Gasteiger partial charge in [0, 0.05) is 6.07 Å². The molecule has 0 saturated carbocycles. The number of nitrogens with one attached hydrogen (secondary N) is 1. The Morgan fingerprint density at radius 2 is 1.76 bits per heavy atom. The molecule has 0 aliphatic rings. The smallest absolute Gasteiger partial charge is 0.338 e. The number of carbonyl (C=O) groups is 2. The van der Waals surface area contributed by atoms with Crippen molar-refractivity contribution in [1.29, 1.82) is 0 Å². The van der Waals surface area contributed by atoms with E-state index >= 15 is 0 Å². The number of anilines is 1. The van der Waals surface area contributed by atoms with E-state index in [1.54, 1.807) is 13.8 Å². The maximum atomic E-state index is 13.4. The Balaban J connectivity index is 1.89. The average molecular weight is 349 g/mol. The van der Waals surface area contributed by atoms with Gasteiger partial charge < -0.3 is 14.8 Å². The van der Waals surface area contributed by atoms with Gasteiger partial charge >= 0.3 is 5.97 Å². The van der Waals surface area contributed by atoms with Crippen molar-refractivity contribution in [3.8, 4) is 5.75 Å². The van der Waals surface area contributed by atoms with Crippen molar-refractivity contribution in [1.82, 2.24) is 0 Å². The van der Waals surface area contributed by atoms with Crippen LogP contribution in [0.4, 0.5) is 14.5 Å². The molecular formula is C18H17F2NO4. The van der Waals surface area contributed by atoms with Crippen molar-refractivity contribution in [3.63, 3.8) is 0 Å². The summed E-state index contributed by atoms with van der Waals surface area (Å²) in [7, 11) is 0. The molecule has 0 radical (unpaired) electrons. The molecule has 0 heterocycles. The van der Waals surface area contributed by atoms with Crippen molar-refractivity contribution < 1.29 is 27.8 Å². The maximum Gasteiger partial charge on any atom is 0.338 e. The lowest BCUT2D eigenvalue weighted by Gasteiger charge is -2.10. The molecule has 2 rings (SSSR count). The highest BCUT2D eigenvalue weighted by molar-refractivity contribution is 5.92. The fraction of sp³-hybridized carbons (Fsp3) is 0.222. The average Bonchev–Trinajstić information content (AvgIpc) is 2.56. The number of ether oxygens (including phenoxy) is 2. The van der Waals surface area contributed by atoms with E-state index in [0.717, 1.165) is 18.2 Å². The Morgan fingerprint density at radius 3 is 2.40 bits per heavy atom. The van der Waals surface area contributed by atoms with Gasteiger partial charge in [0.15, 0.2) is 6.61 Å². The molecule has 0 aliphatic heterocycles. The minimum absolute atomic E-state index is 0.227. The Bertz CT molecular complexity index is 760. The van der Waals surface area contributed by atoms with Crippen LogP contribution >= 0.6 is 0 Å². The Kier molecular flexibility index (Phi) is 6.05. The molecule has 0 unspecified atom stereocenters. The van der Waals surface area contributed by atoms with Crippen LogP contribution in [0.1, 0.15) is 24.2 Å². The van der Waals surface area contributed by atoms with E-state index in [-0.39, 0.29) is 11.8 Å². The first-order valence-corrected chi connectivity index (χ1v) is 7.54. The SMILES string of the molecule is CC(C)OC(=O)c1ccc(OCC(=O)Nc2cc(F)ccc2F)cc1. The fourth-order valence-corrected chi connectivity index (χ4v) is 1.90. The number of benzene rings is 2. The second-order valence-electron chi connectivity index (χ2n) is 5.44. The highest BCUT2D eigenvalue weighted by Gasteiger charge is 2.11. The van der Waals surface area contributed by atoms with Gasteiger partial charge in [-0.15, -0.1) is 0 Å². The van der Waals surface area contributed by atoms with Crippen molar-refractivity contribution in [2.75, 3.05) is 11.9 Å². The molecular weight excluding hydrogens is 332 g/mol. The standard InChI is InChI=1S/C18H17F2NO4/c1-11(2)25-18(23)12-3-6-14(7-4-12)24-10-17(22)21-16-9-13(19)5-8-15(16)20/h3-9,11H,10H2,1-2H3,(H,21,22). The summed E-state index contributed by atoms with van der Waals surface area (Å²) in [6.45, 7) is 3.09. The number of hydrogen-bond donors (Lipinski definition) is 1. The zero-order valence-corrected chi connectivity index (χ0v) is 13.7. The molecule has 7 heteroatoms. The first kappa shape index (κ1) is 18.4. The van der Waals surface area contributed by atoms with E-state index in [4.69, 9.17) is 9.47 Å². The second kappa shape index (κ2) is 8.23. The predicted octanol–water partition coefficient (Wildman–Crippen LogP) is 3.55. The third-order valence-electron chi connectivity index (χ3n) is 3.01. The summed E-state index contributed by atoms with van der Waals surface area (Å²) < 4.78 is 36.8. The van der Waals surface area contributed by atoms with Crippen LogP contribution in [-0.2, 0) is 9.53 Å². The zero-order chi connectivity index (χ0) is 18.4. The molecule has 0 saturated heterocycles. The van der Waals surface area contributed by atoms with Gasteiger partial charge in [0.1, 0.15) is 17.4 Å². The summed E-state index contributed by atoms with van der Waals surface area (Å²) in [5.41, 5.74) is 0.0905. The Labute approximate surface area is 143 Å². The maximum absolute atomic E-state index is 13.4. The van der Waals surface area contributed by atoms with Gasteiger partial charge in [0.2, 0.25) is 0 Å². The van der Waals surface area contributed by atoms with Gasteiger partial charge in [0.25, 0.3) is 5.91 Å². The first-order chi connectivity index (χ1) is 11.8. The van der Waals surface area contributed by atoms with Gasteiger partial charge in [-0.1, -0.05) is 0 Å². The lowest BCUT2D eigenvalue weighted by molar-refractivity contribution is -0.118. The molecule has 2 aromatic rings. The zero-order valence-electron chi connectivity index (χ0n) is 13.7. The van der Waals surface area contributed by atoms with E-state index < -0.39 is 30.1 Å². The number of carbonyl (C=O) groups excluding carboxylic acids is 2. The number of hydrogen-bond acceptors (Lipinski definition) is 4. The van der Waals surface area contributed by atoms with Crippen LogP contribution in [0, 0.1) is 11.6 Å². The van der Waals surface area contributed by atoms with Crippen molar-refractivity contribution in [3.05, 3.63) is 59.7 Å². The Morgan fingerprint density at radius 1 is 1.08 bits per heavy atom. The second-order valence-corrected chi connectivity index (χ2v) is 5.44. The topological polar surface area (TPSA) is 64.6 Å². The van der Waals surface area contributed by atoms with Crippen LogP contribution in [0.25, 0.3) is 0 Å². The largest absolute Gasteiger partial charge is 0.484 e. The van der Waals surface area contributed by atoms with Crippen molar-refractivity contribution >= 4 is 17.6 Å². The summed E-state index contributed by atoms with van der Waals surface area (Å²) in [4.78, 5) is 23.4. The van der Waals surface area contributed by atoms with E-state index in [1.165, 1.54) is 24.3 Å². The van der Waals surface area contributed by atoms with Gasteiger partial charge in [-0.25, -0.2) is 13.6 Å². The molecule has 132 valence electrons. The summed E-state index contributed by atoms with van der Waals surface area (Å²) in [6, 6.07) is 8.77. The summed E-state index contributed by atoms with van der Waals surface area (Å²) in [5, 5.41) is 2.22. The third kappa shape index (κ3) is 5.56. The molecule has 5 nitrogen and oxygen atoms in total. The molecule has 0 bridgehead atoms. The van der Waals surface area contributed by atoms with Gasteiger partial charge in [0.05, 0.1) is 17.4 Å². The van der Waals surface area contributed by atoms with Gasteiger partial charge in [-0.3, -0.25) is 4.79 Å². The van der Waals surface area contributed by atoms with Crippen LogP contribution in [0.2, 0.25) is 0 Å². The van der Waals surface area contributed by atoms with E-state index in [0.29, 0.717) is 11.3 Å². The number of rotatable bonds is 6. The quantitative estimate of drug-likeness (QED) is 0.810. The molecule has 1 N–H and O–H groups in total. The summed E-state index contributed by atoms with van der Waals surface area (Å²) in [5.74, 6) is -2.17. The minimum atomic E-state index is -0.747. The molecule has 0 aromatic heterocycles. The molecule has 0 fully saturated rings. The molecule has 25 heavy (non-hydrogen) atoms. The lowest BCUT2D eigenvalue weighted by atomic mass is 10.2. The van der Waals surface area contributed by atoms with Crippen molar-refractivity contribution in [2.24, 2.45) is 0 Å². The monoisotopic (exact) mass is 349 g/mol. The number of esters is 1. The highest BCUT2D eigenvalue weighted by atomic mass is 19.1. The predicted molar refractivity (Wildman–Crippen MR) is 87.5 cm³/mol. The van der Waals surface area contributed by atoms with E-state index in [1.807, 2.05) is 0 Å². The highest BCUT2D eigenvalue weighted by Crippen LogP contribution is 2.16. The van der Waals surface area contributed by atoms with Crippen LogP contribution in [0.3, 0.4) is 0 Å².